The SMILES string of the molecule is COc1cccc(N2CCC(NCC3CNNC3C)CC2)c1.Cl. The summed E-state index contributed by atoms with van der Waals surface area (Å²) in [5.74, 6) is 1.63. The Hall–Kier alpha value is -1.01. The Balaban J connectivity index is 0.00000192. The maximum absolute atomic E-state index is 5.32. The third kappa shape index (κ3) is 4.73. The maximum atomic E-state index is 5.32. The number of hydrogen-bond acceptors (Lipinski definition) is 5. The molecule has 2 aliphatic heterocycles. The molecule has 0 aliphatic carbocycles. The van der Waals surface area contributed by atoms with E-state index in [2.05, 4.69) is 46.2 Å². The lowest BCUT2D eigenvalue weighted by Gasteiger charge is -2.34. The van der Waals surface area contributed by atoms with Gasteiger partial charge in [0.15, 0.2) is 0 Å². The average molecular weight is 341 g/mol. The molecule has 2 saturated heterocycles. The molecule has 0 radical (unpaired) electrons. The lowest BCUT2D eigenvalue weighted by Crippen LogP contribution is -2.45. The summed E-state index contributed by atoms with van der Waals surface area (Å²) in [7, 11) is 1.73. The van der Waals surface area contributed by atoms with Crippen molar-refractivity contribution in [1.29, 1.82) is 0 Å². The first kappa shape index (κ1) is 18.3. The van der Waals surface area contributed by atoms with Gasteiger partial charge in [0.05, 0.1) is 7.11 Å². The summed E-state index contributed by atoms with van der Waals surface area (Å²) in [4.78, 5) is 2.46. The fraction of sp³-hybridized carbons (Fsp3) is 0.647. The van der Waals surface area contributed by atoms with Crippen LogP contribution in [0.5, 0.6) is 5.75 Å². The normalized spacial score (nSPS) is 25.2. The van der Waals surface area contributed by atoms with Crippen molar-refractivity contribution in [2.75, 3.05) is 38.2 Å². The zero-order valence-electron chi connectivity index (χ0n) is 14.0. The maximum Gasteiger partial charge on any atom is 0.120 e. The van der Waals surface area contributed by atoms with E-state index < -0.39 is 0 Å². The molecule has 3 rings (SSSR count). The van der Waals surface area contributed by atoms with Crippen LogP contribution in [-0.2, 0) is 0 Å². The van der Waals surface area contributed by atoms with Gasteiger partial charge in [0, 0.05) is 55.9 Å². The largest absolute Gasteiger partial charge is 0.497 e. The molecule has 0 bridgehead atoms. The third-order valence-corrected chi connectivity index (χ3v) is 4.98. The summed E-state index contributed by atoms with van der Waals surface area (Å²) in [5.41, 5.74) is 7.80. The fourth-order valence-electron chi connectivity index (χ4n) is 3.36. The van der Waals surface area contributed by atoms with Crippen LogP contribution in [-0.4, -0.2) is 45.4 Å². The summed E-state index contributed by atoms with van der Waals surface area (Å²) in [5, 5.41) is 3.76. The summed E-state index contributed by atoms with van der Waals surface area (Å²) in [6.45, 7) is 6.64. The number of anilines is 1. The van der Waals surface area contributed by atoms with Crippen molar-refractivity contribution in [1.82, 2.24) is 16.2 Å². The van der Waals surface area contributed by atoms with Gasteiger partial charge in [-0.2, -0.15) is 0 Å². The molecule has 2 unspecified atom stereocenters. The highest BCUT2D eigenvalue weighted by Crippen LogP contribution is 2.24. The topological polar surface area (TPSA) is 48.6 Å². The molecule has 3 N–H and O–H groups in total. The second kappa shape index (κ2) is 8.73. The molecule has 130 valence electrons. The van der Waals surface area contributed by atoms with Gasteiger partial charge in [-0.3, -0.25) is 10.9 Å². The van der Waals surface area contributed by atoms with E-state index in [1.807, 2.05) is 6.07 Å². The molecule has 0 amide bonds. The Morgan fingerprint density at radius 3 is 2.74 bits per heavy atom. The molecule has 1 aromatic carbocycles. The molecule has 6 heteroatoms. The average Bonchev–Trinajstić information content (AvgIpc) is 2.98. The summed E-state index contributed by atoms with van der Waals surface area (Å²) in [6.07, 6.45) is 2.42. The number of ether oxygens (including phenoxy) is 1. The molecular weight excluding hydrogens is 312 g/mol. The van der Waals surface area contributed by atoms with Crippen LogP contribution in [0.2, 0.25) is 0 Å². The molecule has 23 heavy (non-hydrogen) atoms. The predicted octanol–water partition coefficient (Wildman–Crippen LogP) is 1.79. The van der Waals surface area contributed by atoms with Crippen molar-refractivity contribution in [2.24, 2.45) is 5.92 Å². The Morgan fingerprint density at radius 1 is 1.30 bits per heavy atom. The van der Waals surface area contributed by atoms with Crippen LogP contribution in [0.4, 0.5) is 5.69 Å². The molecule has 0 saturated carbocycles. The van der Waals surface area contributed by atoms with Gasteiger partial charge in [-0.1, -0.05) is 6.07 Å². The molecule has 2 atom stereocenters. The number of rotatable bonds is 5. The van der Waals surface area contributed by atoms with E-state index in [9.17, 15) is 0 Å². The standard InChI is InChI=1S/C17H28N4O.ClH/c1-13-14(12-19-20-13)11-18-15-6-8-21(9-7-15)16-4-3-5-17(10-16)22-2;/h3-5,10,13-15,18-20H,6-9,11-12H2,1-2H3;1H. The monoisotopic (exact) mass is 340 g/mol. The molecule has 0 aromatic heterocycles. The van der Waals surface area contributed by atoms with Crippen molar-refractivity contribution in [2.45, 2.75) is 31.8 Å². The van der Waals surface area contributed by atoms with E-state index in [1.54, 1.807) is 7.11 Å². The number of methoxy groups -OCH3 is 1. The lowest BCUT2D eigenvalue weighted by atomic mass is 10.0. The van der Waals surface area contributed by atoms with E-state index in [0.717, 1.165) is 31.9 Å². The first-order valence-corrected chi connectivity index (χ1v) is 8.37. The summed E-state index contributed by atoms with van der Waals surface area (Å²) < 4.78 is 5.32. The van der Waals surface area contributed by atoms with E-state index in [0.29, 0.717) is 18.0 Å². The molecule has 1 aromatic rings. The van der Waals surface area contributed by atoms with Crippen LogP contribution in [0.1, 0.15) is 19.8 Å². The molecule has 0 spiro atoms. The molecule has 5 nitrogen and oxygen atoms in total. The first-order valence-electron chi connectivity index (χ1n) is 8.37. The fourth-order valence-corrected chi connectivity index (χ4v) is 3.36. The van der Waals surface area contributed by atoms with E-state index in [-0.39, 0.29) is 12.4 Å². The van der Waals surface area contributed by atoms with Crippen molar-refractivity contribution in [3.63, 3.8) is 0 Å². The van der Waals surface area contributed by atoms with Crippen molar-refractivity contribution < 1.29 is 4.74 Å². The summed E-state index contributed by atoms with van der Waals surface area (Å²) in [6, 6.07) is 9.58. The minimum absolute atomic E-state index is 0. The zero-order valence-corrected chi connectivity index (χ0v) is 14.9. The Morgan fingerprint density at radius 2 is 2.09 bits per heavy atom. The minimum atomic E-state index is 0. The van der Waals surface area contributed by atoms with E-state index in [4.69, 9.17) is 4.74 Å². The second-order valence-corrected chi connectivity index (χ2v) is 6.45. The Bertz CT molecular complexity index is 479. The zero-order chi connectivity index (χ0) is 15.4. The first-order chi connectivity index (χ1) is 10.8. The lowest BCUT2D eigenvalue weighted by molar-refractivity contribution is 0.369. The highest BCUT2D eigenvalue weighted by molar-refractivity contribution is 5.85. The second-order valence-electron chi connectivity index (χ2n) is 6.45. The van der Waals surface area contributed by atoms with Crippen molar-refractivity contribution in [3.05, 3.63) is 24.3 Å². The van der Waals surface area contributed by atoms with Gasteiger partial charge >= 0.3 is 0 Å². The van der Waals surface area contributed by atoms with E-state index in [1.165, 1.54) is 18.5 Å². The van der Waals surface area contributed by atoms with Crippen LogP contribution in [0.3, 0.4) is 0 Å². The predicted molar refractivity (Wildman–Crippen MR) is 97.6 cm³/mol. The Kier molecular flexibility index (Phi) is 6.96. The number of hydrazine groups is 1. The highest BCUT2D eigenvalue weighted by Gasteiger charge is 2.25. The molecule has 2 aliphatic rings. The van der Waals surface area contributed by atoms with Gasteiger partial charge < -0.3 is 15.0 Å². The summed E-state index contributed by atoms with van der Waals surface area (Å²) >= 11 is 0. The van der Waals surface area contributed by atoms with Crippen LogP contribution < -0.4 is 25.8 Å². The third-order valence-electron chi connectivity index (χ3n) is 4.98. The minimum Gasteiger partial charge on any atom is -0.497 e. The number of halogens is 1. The van der Waals surface area contributed by atoms with Crippen LogP contribution in [0.25, 0.3) is 0 Å². The quantitative estimate of drug-likeness (QED) is 0.763. The van der Waals surface area contributed by atoms with Crippen molar-refractivity contribution >= 4 is 18.1 Å². The van der Waals surface area contributed by atoms with Gasteiger partial charge in [-0.15, -0.1) is 12.4 Å². The molecule has 2 heterocycles. The van der Waals surface area contributed by atoms with E-state index >= 15 is 0 Å². The van der Waals surface area contributed by atoms with Gasteiger partial charge in [0.25, 0.3) is 0 Å². The number of nitrogens with one attached hydrogen (secondary N) is 3. The van der Waals surface area contributed by atoms with Gasteiger partial charge in [0.1, 0.15) is 5.75 Å². The number of hydrogen-bond donors (Lipinski definition) is 3. The van der Waals surface area contributed by atoms with Crippen LogP contribution in [0.15, 0.2) is 24.3 Å². The van der Waals surface area contributed by atoms with Crippen molar-refractivity contribution in [3.8, 4) is 5.75 Å². The van der Waals surface area contributed by atoms with Crippen LogP contribution >= 0.6 is 12.4 Å². The van der Waals surface area contributed by atoms with Gasteiger partial charge in [0.2, 0.25) is 0 Å². The molecular formula is C17H29ClN4O. The Labute approximate surface area is 145 Å². The number of nitrogens with zero attached hydrogens (tertiary/aromatic N) is 1. The van der Waals surface area contributed by atoms with Gasteiger partial charge in [-0.05, 0) is 31.9 Å². The highest BCUT2D eigenvalue weighted by atomic mass is 35.5. The smallest absolute Gasteiger partial charge is 0.120 e. The number of piperidine rings is 1. The van der Waals surface area contributed by atoms with Gasteiger partial charge in [-0.25, -0.2) is 0 Å². The van der Waals surface area contributed by atoms with Crippen LogP contribution in [0, 0.1) is 5.92 Å². The number of benzene rings is 1. The molecule has 2 fully saturated rings.